The van der Waals surface area contributed by atoms with Crippen molar-refractivity contribution in [2.75, 3.05) is 19.4 Å². The van der Waals surface area contributed by atoms with E-state index < -0.39 is 13.2 Å². The van der Waals surface area contributed by atoms with Gasteiger partial charge >= 0.3 is 13.2 Å². The van der Waals surface area contributed by atoms with Crippen molar-refractivity contribution in [1.82, 2.24) is 19.5 Å². The Morgan fingerprint density at radius 2 is 2.16 bits per heavy atom. The Bertz CT molecular complexity index is 660. The molecule has 0 aliphatic heterocycles. The Morgan fingerprint density at radius 1 is 1.37 bits per heavy atom. The maximum absolute atomic E-state index is 11.4. The maximum atomic E-state index is 11.4. The number of H-pyrrole nitrogens is 1. The highest BCUT2D eigenvalue weighted by molar-refractivity contribution is 7.51. The number of nitrogens with zero attached hydrogens (tertiary/aromatic N) is 3. The third-order valence-corrected chi connectivity index (χ3v) is 3.19. The van der Waals surface area contributed by atoms with Crippen LogP contribution in [-0.2, 0) is 15.8 Å². The number of aromatic amines is 1. The average Bonchev–Trinajstić information content (AvgIpc) is 2.72. The van der Waals surface area contributed by atoms with E-state index in [0.717, 1.165) is 0 Å². The van der Waals surface area contributed by atoms with Gasteiger partial charge < -0.3 is 24.1 Å². The Labute approximate surface area is 107 Å². The predicted molar refractivity (Wildman–Crippen MR) is 65.9 cm³/mol. The van der Waals surface area contributed by atoms with Gasteiger partial charge in [-0.2, -0.15) is 4.98 Å². The van der Waals surface area contributed by atoms with Gasteiger partial charge in [-0.25, -0.2) is 4.98 Å². The van der Waals surface area contributed by atoms with Gasteiger partial charge in [0.25, 0.3) is 0 Å². The topological polar surface area (TPSA) is 130 Å². The number of rotatable bonds is 6. The summed E-state index contributed by atoms with van der Waals surface area (Å²) in [5, 5.41) is 0. The first-order valence-electron chi connectivity index (χ1n) is 5.48. The fourth-order valence-electron chi connectivity index (χ4n) is 1.52. The minimum atomic E-state index is -4.01. The number of imidazole rings is 1. The second-order valence-corrected chi connectivity index (χ2v) is 5.62. The third-order valence-electron chi connectivity index (χ3n) is 2.43. The van der Waals surface area contributed by atoms with Gasteiger partial charge in [0.05, 0.1) is 32.0 Å². The first kappa shape index (κ1) is 13.9. The molecule has 0 aliphatic carbocycles. The average molecular weight is 288 g/mol. The SMILES string of the molecule is O=c1nc[nH]c2c1ncn2CCOCCP(=O)(O)O. The Balaban J connectivity index is 1.91. The summed E-state index contributed by atoms with van der Waals surface area (Å²) < 4.78 is 17.4. The monoisotopic (exact) mass is 288 g/mol. The van der Waals surface area contributed by atoms with Crippen molar-refractivity contribution in [3.8, 4) is 0 Å². The van der Waals surface area contributed by atoms with Crippen LogP contribution >= 0.6 is 7.60 Å². The Hall–Kier alpha value is -1.54. The molecule has 0 bridgehead atoms. The summed E-state index contributed by atoms with van der Waals surface area (Å²) in [4.78, 5) is 38.9. The number of fused-ring (bicyclic) bond motifs is 1. The summed E-state index contributed by atoms with van der Waals surface area (Å²) in [7, 11) is -4.01. The molecule has 0 atom stereocenters. The van der Waals surface area contributed by atoms with Crippen LogP contribution in [0.5, 0.6) is 0 Å². The maximum Gasteiger partial charge on any atom is 0.327 e. The first-order valence-corrected chi connectivity index (χ1v) is 7.28. The smallest absolute Gasteiger partial charge is 0.327 e. The molecule has 9 nitrogen and oxygen atoms in total. The molecule has 104 valence electrons. The van der Waals surface area contributed by atoms with Gasteiger partial charge in [-0.3, -0.25) is 9.36 Å². The van der Waals surface area contributed by atoms with Crippen molar-refractivity contribution < 1.29 is 19.1 Å². The van der Waals surface area contributed by atoms with Crippen LogP contribution in [0, 0.1) is 0 Å². The van der Waals surface area contributed by atoms with Crippen molar-refractivity contribution in [2.24, 2.45) is 0 Å². The van der Waals surface area contributed by atoms with Crippen LogP contribution in [0.4, 0.5) is 0 Å². The molecule has 0 fully saturated rings. The van der Waals surface area contributed by atoms with Crippen molar-refractivity contribution in [2.45, 2.75) is 6.54 Å². The molecule has 0 unspecified atom stereocenters. The molecule has 0 aromatic carbocycles. The molecule has 0 radical (unpaired) electrons. The molecule has 2 aromatic heterocycles. The van der Waals surface area contributed by atoms with Crippen molar-refractivity contribution in [1.29, 1.82) is 0 Å². The molecular formula is C9H13N4O5P. The van der Waals surface area contributed by atoms with E-state index in [-0.39, 0.29) is 24.9 Å². The summed E-state index contributed by atoms with van der Waals surface area (Å²) >= 11 is 0. The lowest BCUT2D eigenvalue weighted by atomic mass is 10.5. The lowest BCUT2D eigenvalue weighted by molar-refractivity contribution is 0.137. The molecule has 0 aliphatic rings. The predicted octanol–water partition coefficient (Wildman–Crippen LogP) is -0.686. The minimum absolute atomic E-state index is 0.0189. The summed E-state index contributed by atoms with van der Waals surface area (Å²) in [6, 6.07) is 0. The van der Waals surface area contributed by atoms with Gasteiger partial charge in [0, 0.05) is 6.54 Å². The van der Waals surface area contributed by atoms with Crippen LogP contribution in [0.2, 0.25) is 0 Å². The van der Waals surface area contributed by atoms with E-state index in [2.05, 4.69) is 15.0 Å². The summed E-state index contributed by atoms with van der Waals surface area (Å²) in [5.41, 5.74) is 0.381. The van der Waals surface area contributed by atoms with Gasteiger partial charge in [-0.15, -0.1) is 0 Å². The molecule has 0 saturated heterocycles. The highest BCUT2D eigenvalue weighted by atomic mass is 31.2. The zero-order chi connectivity index (χ0) is 13.9. The molecular weight excluding hydrogens is 275 g/mol. The molecule has 2 rings (SSSR count). The number of ether oxygens (including phenoxy) is 1. The van der Waals surface area contributed by atoms with Crippen LogP contribution in [0.25, 0.3) is 11.2 Å². The molecule has 0 saturated carbocycles. The van der Waals surface area contributed by atoms with Gasteiger partial charge in [0.1, 0.15) is 5.65 Å². The van der Waals surface area contributed by atoms with Gasteiger partial charge in [-0.05, 0) is 0 Å². The van der Waals surface area contributed by atoms with Gasteiger partial charge in [-0.1, -0.05) is 0 Å². The van der Waals surface area contributed by atoms with E-state index in [1.807, 2.05) is 0 Å². The molecule has 0 amide bonds. The first-order chi connectivity index (χ1) is 8.97. The zero-order valence-corrected chi connectivity index (χ0v) is 10.8. The van der Waals surface area contributed by atoms with E-state index in [0.29, 0.717) is 12.2 Å². The number of aromatic nitrogens is 4. The third kappa shape index (κ3) is 3.71. The lowest BCUT2D eigenvalue weighted by Gasteiger charge is -2.06. The summed E-state index contributed by atoms with van der Waals surface area (Å²) in [6.45, 7) is 0.655. The molecule has 0 spiro atoms. The van der Waals surface area contributed by atoms with Crippen molar-refractivity contribution in [3.63, 3.8) is 0 Å². The fraction of sp³-hybridized carbons (Fsp3) is 0.444. The lowest BCUT2D eigenvalue weighted by Crippen LogP contribution is -2.10. The summed E-state index contributed by atoms with van der Waals surface area (Å²) in [6.07, 6.45) is 2.46. The molecule has 2 aromatic rings. The standard InChI is InChI=1S/C9H13N4O5P/c14-9-7-8(10-5-11-9)13(6-12-7)1-2-18-3-4-19(15,16)17/h5-6H,1-4H2,(H,10,11,14)(H2,15,16,17). The number of hydrogen-bond acceptors (Lipinski definition) is 5. The van der Waals surface area contributed by atoms with Crippen LogP contribution in [0.1, 0.15) is 0 Å². The minimum Gasteiger partial charge on any atom is -0.379 e. The normalized spacial score (nSPS) is 12.1. The van der Waals surface area contributed by atoms with Crippen LogP contribution < -0.4 is 5.56 Å². The van der Waals surface area contributed by atoms with Crippen molar-refractivity contribution >= 4 is 18.8 Å². The molecule has 10 heteroatoms. The van der Waals surface area contributed by atoms with Gasteiger partial charge in [0.15, 0.2) is 5.52 Å². The highest BCUT2D eigenvalue weighted by Crippen LogP contribution is 2.33. The van der Waals surface area contributed by atoms with E-state index in [1.54, 1.807) is 4.57 Å². The molecule has 3 N–H and O–H groups in total. The Morgan fingerprint density at radius 3 is 2.89 bits per heavy atom. The second kappa shape index (κ2) is 5.62. The van der Waals surface area contributed by atoms with E-state index >= 15 is 0 Å². The fourth-order valence-corrected chi connectivity index (χ4v) is 1.89. The number of hydrogen-bond donors (Lipinski definition) is 3. The number of nitrogens with one attached hydrogen (secondary N) is 1. The van der Waals surface area contributed by atoms with Crippen LogP contribution in [-0.4, -0.2) is 48.7 Å². The van der Waals surface area contributed by atoms with Crippen molar-refractivity contribution in [3.05, 3.63) is 23.0 Å². The highest BCUT2D eigenvalue weighted by Gasteiger charge is 2.12. The van der Waals surface area contributed by atoms with E-state index in [9.17, 15) is 9.36 Å². The zero-order valence-electron chi connectivity index (χ0n) is 9.89. The molecule has 19 heavy (non-hydrogen) atoms. The Kier molecular flexibility index (Phi) is 4.11. The second-order valence-electron chi connectivity index (χ2n) is 3.84. The largest absolute Gasteiger partial charge is 0.379 e. The molecule has 2 heterocycles. The van der Waals surface area contributed by atoms with E-state index in [1.165, 1.54) is 12.7 Å². The van der Waals surface area contributed by atoms with Crippen LogP contribution in [0.3, 0.4) is 0 Å². The van der Waals surface area contributed by atoms with E-state index in [4.69, 9.17) is 14.5 Å². The summed E-state index contributed by atoms with van der Waals surface area (Å²) in [5.74, 6) is 0. The van der Waals surface area contributed by atoms with Crippen LogP contribution in [0.15, 0.2) is 17.4 Å². The quantitative estimate of drug-likeness (QED) is 0.474. The van der Waals surface area contributed by atoms with Gasteiger partial charge in [0.2, 0.25) is 0 Å².